The Kier molecular flexibility index (Phi) is 3.84. The lowest BCUT2D eigenvalue weighted by Crippen LogP contribution is -2.01. The molecule has 0 aliphatic heterocycles. The van der Waals surface area contributed by atoms with Gasteiger partial charge in [-0.15, -0.1) is 11.3 Å². The highest BCUT2D eigenvalue weighted by molar-refractivity contribution is 7.18. The molecule has 0 aliphatic carbocycles. The zero-order valence-corrected chi connectivity index (χ0v) is 13.8. The van der Waals surface area contributed by atoms with Gasteiger partial charge in [0.2, 0.25) is 0 Å². The van der Waals surface area contributed by atoms with Gasteiger partial charge in [-0.2, -0.15) is 0 Å². The van der Waals surface area contributed by atoms with E-state index in [0.29, 0.717) is 6.54 Å². The van der Waals surface area contributed by atoms with Crippen LogP contribution >= 0.6 is 11.3 Å². The second-order valence-corrected chi connectivity index (χ2v) is 6.18. The first-order valence-electron chi connectivity index (χ1n) is 7.44. The van der Waals surface area contributed by atoms with Gasteiger partial charge in [0, 0.05) is 31.0 Å². The minimum Gasteiger partial charge on any atom is -0.496 e. The molecule has 0 saturated heterocycles. The smallest absolute Gasteiger partial charge is 0.152 e. The molecule has 7 heteroatoms. The average Bonchev–Trinajstić information content (AvgIpc) is 3.36. The third kappa shape index (κ3) is 2.69. The number of nitrogens with one attached hydrogen (secondary N) is 1. The van der Waals surface area contributed by atoms with Crippen molar-refractivity contribution in [1.29, 1.82) is 0 Å². The fraction of sp³-hybridized carbons (Fsp3) is 0.118. The Balaban J connectivity index is 1.68. The van der Waals surface area contributed by atoms with E-state index < -0.39 is 0 Å². The molecular formula is C17H15N5OS. The molecule has 3 heterocycles. The molecule has 0 unspecified atom stereocenters. The molecule has 0 fully saturated rings. The van der Waals surface area contributed by atoms with Crippen LogP contribution in [0.3, 0.4) is 0 Å². The molecule has 0 radical (unpaired) electrons. The third-order valence-corrected chi connectivity index (χ3v) is 4.68. The van der Waals surface area contributed by atoms with Crippen LogP contribution in [0.5, 0.6) is 5.75 Å². The third-order valence-electron chi connectivity index (χ3n) is 3.65. The van der Waals surface area contributed by atoms with Crippen LogP contribution in [0.4, 0.5) is 0 Å². The molecule has 0 aliphatic rings. The standard InChI is InChI=1S/C17H15N5OS/c1-23-13-5-3-2-4-12(13)17-21-10-14(24-17)16-20-8-9-22(16)11-15-18-6-7-19-15/h2-10H,11H2,1H3,(H,18,19). The summed E-state index contributed by atoms with van der Waals surface area (Å²) in [5, 5.41) is 0.912. The van der Waals surface area contributed by atoms with Crippen molar-refractivity contribution < 1.29 is 4.74 Å². The molecule has 0 spiro atoms. The van der Waals surface area contributed by atoms with E-state index in [1.807, 2.05) is 42.9 Å². The summed E-state index contributed by atoms with van der Waals surface area (Å²) in [6.07, 6.45) is 9.16. The molecule has 0 bridgehead atoms. The number of imidazole rings is 2. The van der Waals surface area contributed by atoms with E-state index in [0.717, 1.165) is 32.8 Å². The Morgan fingerprint density at radius 1 is 1.17 bits per heavy atom. The molecule has 4 aromatic rings. The van der Waals surface area contributed by atoms with E-state index in [4.69, 9.17) is 4.74 Å². The molecule has 24 heavy (non-hydrogen) atoms. The highest BCUT2D eigenvalue weighted by Gasteiger charge is 2.14. The minimum atomic E-state index is 0.643. The van der Waals surface area contributed by atoms with Crippen LogP contribution in [0.2, 0.25) is 0 Å². The van der Waals surface area contributed by atoms with E-state index >= 15 is 0 Å². The predicted octanol–water partition coefficient (Wildman–Crippen LogP) is 3.45. The first kappa shape index (κ1) is 14.6. The Labute approximate surface area is 142 Å². The van der Waals surface area contributed by atoms with Crippen molar-refractivity contribution in [2.45, 2.75) is 6.54 Å². The Bertz CT molecular complexity index is 941. The second kappa shape index (κ2) is 6.29. The first-order valence-corrected chi connectivity index (χ1v) is 8.26. The van der Waals surface area contributed by atoms with Crippen molar-refractivity contribution >= 4 is 11.3 Å². The van der Waals surface area contributed by atoms with E-state index in [1.165, 1.54) is 0 Å². The summed E-state index contributed by atoms with van der Waals surface area (Å²) in [4.78, 5) is 17.4. The number of hydrogen-bond acceptors (Lipinski definition) is 5. The molecule has 0 atom stereocenters. The number of hydrogen-bond donors (Lipinski definition) is 1. The lowest BCUT2D eigenvalue weighted by Gasteiger charge is -2.05. The normalized spacial score (nSPS) is 10.9. The van der Waals surface area contributed by atoms with Crippen molar-refractivity contribution in [3.05, 3.63) is 61.1 Å². The van der Waals surface area contributed by atoms with E-state index in [1.54, 1.807) is 30.8 Å². The summed E-state index contributed by atoms with van der Waals surface area (Å²) >= 11 is 1.59. The van der Waals surface area contributed by atoms with Gasteiger partial charge in [-0.3, -0.25) is 0 Å². The van der Waals surface area contributed by atoms with Gasteiger partial charge in [-0.25, -0.2) is 15.0 Å². The molecule has 1 aromatic carbocycles. The second-order valence-electron chi connectivity index (χ2n) is 5.14. The van der Waals surface area contributed by atoms with Crippen LogP contribution in [-0.4, -0.2) is 31.6 Å². The number of rotatable bonds is 5. The lowest BCUT2D eigenvalue weighted by molar-refractivity contribution is 0.416. The molecule has 120 valence electrons. The number of aromatic nitrogens is 5. The quantitative estimate of drug-likeness (QED) is 0.605. The van der Waals surface area contributed by atoms with Gasteiger partial charge in [-0.05, 0) is 12.1 Å². The Morgan fingerprint density at radius 3 is 2.92 bits per heavy atom. The molecule has 1 N–H and O–H groups in total. The first-order chi connectivity index (χ1) is 11.8. The Hall–Kier alpha value is -2.93. The summed E-state index contributed by atoms with van der Waals surface area (Å²) in [5.41, 5.74) is 0.986. The highest BCUT2D eigenvalue weighted by atomic mass is 32.1. The van der Waals surface area contributed by atoms with Crippen molar-refractivity contribution in [2.24, 2.45) is 0 Å². The maximum atomic E-state index is 5.43. The summed E-state index contributed by atoms with van der Waals surface area (Å²) < 4.78 is 7.48. The summed E-state index contributed by atoms with van der Waals surface area (Å²) in [6, 6.07) is 7.88. The molecule has 0 saturated carbocycles. The average molecular weight is 337 g/mol. The van der Waals surface area contributed by atoms with Crippen LogP contribution in [0.15, 0.2) is 55.2 Å². The zero-order chi connectivity index (χ0) is 16.4. The molecular weight excluding hydrogens is 322 g/mol. The lowest BCUT2D eigenvalue weighted by atomic mass is 10.2. The van der Waals surface area contributed by atoms with Crippen LogP contribution in [-0.2, 0) is 6.54 Å². The van der Waals surface area contributed by atoms with Crippen LogP contribution in [0.1, 0.15) is 5.82 Å². The number of thiazole rings is 1. The van der Waals surface area contributed by atoms with Gasteiger partial charge in [0.25, 0.3) is 0 Å². The number of aromatic amines is 1. The van der Waals surface area contributed by atoms with Gasteiger partial charge < -0.3 is 14.3 Å². The maximum absolute atomic E-state index is 5.43. The zero-order valence-electron chi connectivity index (χ0n) is 13.0. The van der Waals surface area contributed by atoms with Crippen molar-refractivity contribution in [3.63, 3.8) is 0 Å². The van der Waals surface area contributed by atoms with Gasteiger partial charge in [0.15, 0.2) is 5.82 Å². The van der Waals surface area contributed by atoms with Crippen molar-refractivity contribution in [3.8, 4) is 27.0 Å². The number of benzene rings is 1. The summed E-state index contributed by atoms with van der Waals surface area (Å²) in [7, 11) is 1.67. The summed E-state index contributed by atoms with van der Waals surface area (Å²) in [6.45, 7) is 0.643. The molecule has 0 amide bonds. The SMILES string of the molecule is COc1ccccc1-c1ncc(-c2nccn2Cc2ncc[nH]2)s1. The van der Waals surface area contributed by atoms with Gasteiger partial charge in [-0.1, -0.05) is 12.1 Å². The largest absolute Gasteiger partial charge is 0.496 e. The van der Waals surface area contributed by atoms with Crippen LogP contribution < -0.4 is 4.74 Å². The van der Waals surface area contributed by atoms with Crippen molar-refractivity contribution in [1.82, 2.24) is 24.5 Å². The number of nitrogens with zero attached hydrogens (tertiary/aromatic N) is 4. The van der Waals surface area contributed by atoms with Gasteiger partial charge in [0.05, 0.1) is 24.1 Å². The van der Waals surface area contributed by atoms with Gasteiger partial charge in [0.1, 0.15) is 16.6 Å². The fourth-order valence-corrected chi connectivity index (χ4v) is 3.49. The minimum absolute atomic E-state index is 0.643. The van der Waals surface area contributed by atoms with Crippen LogP contribution in [0, 0.1) is 0 Å². The van der Waals surface area contributed by atoms with Crippen molar-refractivity contribution in [2.75, 3.05) is 7.11 Å². The number of ether oxygens (including phenoxy) is 1. The molecule has 4 rings (SSSR count). The molecule has 6 nitrogen and oxygen atoms in total. The van der Waals surface area contributed by atoms with E-state index in [-0.39, 0.29) is 0 Å². The van der Waals surface area contributed by atoms with E-state index in [2.05, 4.69) is 24.5 Å². The number of H-pyrrole nitrogens is 1. The number of methoxy groups -OCH3 is 1. The Morgan fingerprint density at radius 2 is 2.08 bits per heavy atom. The fourth-order valence-electron chi connectivity index (χ4n) is 2.53. The monoisotopic (exact) mass is 337 g/mol. The van der Waals surface area contributed by atoms with E-state index in [9.17, 15) is 0 Å². The molecule has 3 aromatic heterocycles. The maximum Gasteiger partial charge on any atom is 0.152 e. The van der Waals surface area contributed by atoms with Gasteiger partial charge >= 0.3 is 0 Å². The summed E-state index contributed by atoms with van der Waals surface area (Å²) in [5.74, 6) is 2.59. The highest BCUT2D eigenvalue weighted by Crippen LogP contribution is 2.35. The number of para-hydroxylation sites is 1. The van der Waals surface area contributed by atoms with Crippen LogP contribution in [0.25, 0.3) is 21.3 Å². The topological polar surface area (TPSA) is 68.6 Å². The predicted molar refractivity (Wildman–Crippen MR) is 93.0 cm³/mol.